The van der Waals surface area contributed by atoms with Crippen molar-refractivity contribution in [3.8, 4) is 11.1 Å². The highest BCUT2D eigenvalue weighted by Gasteiger charge is 2.09. The van der Waals surface area contributed by atoms with Gasteiger partial charge in [-0.1, -0.05) is 0 Å². The molecule has 6 heteroatoms. The zero-order chi connectivity index (χ0) is 15.4. The summed E-state index contributed by atoms with van der Waals surface area (Å²) in [4.78, 5) is 0. The Morgan fingerprint density at radius 2 is 1.57 bits per heavy atom. The van der Waals surface area contributed by atoms with Crippen molar-refractivity contribution in [2.75, 3.05) is 35.7 Å². The van der Waals surface area contributed by atoms with Gasteiger partial charge in [0.05, 0.1) is 12.7 Å². The first kappa shape index (κ1) is 15.0. The quantitative estimate of drug-likeness (QED) is 0.453. The minimum absolute atomic E-state index is 0.242. The Balaban J connectivity index is 2.33. The van der Waals surface area contributed by atoms with Crippen LogP contribution in [-0.4, -0.2) is 29.5 Å². The van der Waals surface area contributed by atoms with E-state index in [9.17, 15) is 5.11 Å². The van der Waals surface area contributed by atoms with Crippen LogP contribution in [0, 0.1) is 0 Å². The maximum absolute atomic E-state index is 9.37. The number of nitrogen functional groups attached to an aromatic ring is 3. The van der Waals surface area contributed by atoms with Crippen LogP contribution in [0.3, 0.4) is 0 Å². The summed E-state index contributed by atoms with van der Waals surface area (Å²) in [5.74, 6) is 0. The van der Waals surface area contributed by atoms with Crippen LogP contribution in [0.15, 0.2) is 36.4 Å². The van der Waals surface area contributed by atoms with Crippen molar-refractivity contribution in [1.82, 2.24) is 0 Å². The lowest BCUT2D eigenvalue weighted by Crippen LogP contribution is -2.22. The van der Waals surface area contributed by atoms with Gasteiger partial charge in [0.1, 0.15) is 0 Å². The maximum atomic E-state index is 9.37. The van der Waals surface area contributed by atoms with Crippen molar-refractivity contribution in [2.45, 2.75) is 6.10 Å². The normalized spacial score (nSPS) is 12.1. The maximum Gasteiger partial charge on any atom is 0.0942 e. The van der Waals surface area contributed by atoms with Gasteiger partial charge in [0.2, 0.25) is 0 Å². The van der Waals surface area contributed by atoms with Crippen LogP contribution < -0.4 is 22.5 Å². The molecule has 21 heavy (non-hydrogen) atoms. The van der Waals surface area contributed by atoms with Gasteiger partial charge in [0.15, 0.2) is 0 Å². The molecule has 0 radical (unpaired) electrons. The Kier molecular flexibility index (Phi) is 4.52. The molecule has 0 aliphatic carbocycles. The van der Waals surface area contributed by atoms with Gasteiger partial charge < -0.3 is 32.7 Å². The topological polar surface area (TPSA) is 131 Å². The van der Waals surface area contributed by atoms with Crippen molar-refractivity contribution in [3.63, 3.8) is 0 Å². The number of benzene rings is 2. The molecule has 0 amide bonds. The fourth-order valence-electron chi connectivity index (χ4n) is 2.01. The summed E-state index contributed by atoms with van der Waals surface area (Å²) < 4.78 is 0. The Hall–Kier alpha value is -2.44. The van der Waals surface area contributed by atoms with Crippen LogP contribution in [0.5, 0.6) is 0 Å². The van der Waals surface area contributed by atoms with Gasteiger partial charge in [-0.2, -0.15) is 0 Å². The average Bonchev–Trinajstić information content (AvgIpc) is 2.48. The number of nitrogens with two attached hydrogens (primary N) is 3. The third-order valence-electron chi connectivity index (χ3n) is 3.17. The molecule has 2 aromatic carbocycles. The lowest BCUT2D eigenvalue weighted by Gasteiger charge is -2.14. The van der Waals surface area contributed by atoms with Crippen molar-refractivity contribution in [3.05, 3.63) is 36.4 Å². The number of aliphatic hydroxyl groups excluding tert-OH is 2. The summed E-state index contributed by atoms with van der Waals surface area (Å²) in [5, 5.41) is 21.2. The summed E-state index contributed by atoms with van der Waals surface area (Å²) in [6.07, 6.45) is -0.816. The minimum atomic E-state index is -0.816. The molecule has 9 N–H and O–H groups in total. The summed E-state index contributed by atoms with van der Waals surface area (Å²) >= 11 is 0. The zero-order valence-corrected chi connectivity index (χ0v) is 11.6. The van der Waals surface area contributed by atoms with E-state index in [1.54, 1.807) is 30.3 Å². The first-order valence-electron chi connectivity index (χ1n) is 6.59. The molecule has 0 heterocycles. The minimum Gasteiger partial charge on any atom is -0.399 e. The number of nitrogens with one attached hydrogen (secondary N) is 1. The third-order valence-corrected chi connectivity index (χ3v) is 3.17. The highest BCUT2D eigenvalue weighted by atomic mass is 16.3. The predicted molar refractivity (Wildman–Crippen MR) is 86.7 cm³/mol. The molecular weight excluding hydrogens is 268 g/mol. The van der Waals surface area contributed by atoms with E-state index in [-0.39, 0.29) is 13.2 Å². The SMILES string of the molecule is Nc1ccc(N)c(-c2cc(NCC(O)CO)ccc2N)c1. The highest BCUT2D eigenvalue weighted by Crippen LogP contribution is 2.34. The van der Waals surface area contributed by atoms with E-state index in [0.717, 1.165) is 16.8 Å². The summed E-state index contributed by atoms with van der Waals surface area (Å²) in [5.41, 5.74) is 21.9. The first-order valence-corrected chi connectivity index (χ1v) is 6.59. The second-order valence-electron chi connectivity index (χ2n) is 4.87. The Labute approximate surface area is 123 Å². The van der Waals surface area contributed by atoms with Gasteiger partial charge in [-0.25, -0.2) is 0 Å². The molecule has 0 aliphatic rings. The van der Waals surface area contributed by atoms with Crippen LogP contribution in [0.4, 0.5) is 22.7 Å². The molecule has 0 bridgehead atoms. The van der Waals surface area contributed by atoms with E-state index >= 15 is 0 Å². The molecule has 2 aromatic rings. The lowest BCUT2D eigenvalue weighted by atomic mass is 10.0. The number of anilines is 4. The van der Waals surface area contributed by atoms with Gasteiger partial charge in [-0.05, 0) is 36.4 Å². The summed E-state index contributed by atoms with van der Waals surface area (Å²) in [6.45, 7) is -0.0523. The Morgan fingerprint density at radius 3 is 2.24 bits per heavy atom. The van der Waals surface area contributed by atoms with Crippen molar-refractivity contribution < 1.29 is 10.2 Å². The molecule has 2 rings (SSSR count). The fraction of sp³-hybridized carbons (Fsp3) is 0.200. The monoisotopic (exact) mass is 288 g/mol. The molecule has 0 aromatic heterocycles. The van der Waals surface area contributed by atoms with Gasteiger partial charge in [0, 0.05) is 40.4 Å². The average molecular weight is 288 g/mol. The van der Waals surface area contributed by atoms with Gasteiger partial charge >= 0.3 is 0 Å². The van der Waals surface area contributed by atoms with Gasteiger partial charge in [0.25, 0.3) is 0 Å². The highest BCUT2D eigenvalue weighted by molar-refractivity contribution is 5.87. The largest absolute Gasteiger partial charge is 0.399 e. The number of hydrogen-bond acceptors (Lipinski definition) is 6. The number of hydrogen-bond donors (Lipinski definition) is 6. The Morgan fingerprint density at radius 1 is 0.952 bits per heavy atom. The van der Waals surface area contributed by atoms with E-state index in [1.165, 1.54) is 0 Å². The second-order valence-corrected chi connectivity index (χ2v) is 4.87. The molecule has 0 spiro atoms. The van der Waals surface area contributed by atoms with Crippen LogP contribution in [0.2, 0.25) is 0 Å². The van der Waals surface area contributed by atoms with Crippen molar-refractivity contribution in [2.24, 2.45) is 0 Å². The van der Waals surface area contributed by atoms with Crippen LogP contribution >= 0.6 is 0 Å². The summed E-state index contributed by atoms with van der Waals surface area (Å²) in [7, 11) is 0. The number of aliphatic hydroxyl groups is 2. The van der Waals surface area contributed by atoms with Crippen molar-refractivity contribution in [1.29, 1.82) is 0 Å². The lowest BCUT2D eigenvalue weighted by molar-refractivity contribution is 0.105. The van der Waals surface area contributed by atoms with E-state index in [4.69, 9.17) is 22.3 Å². The molecule has 112 valence electrons. The summed E-state index contributed by atoms with van der Waals surface area (Å²) in [6, 6.07) is 10.6. The molecule has 0 saturated heterocycles. The standard InChI is InChI=1S/C15H20N4O2/c16-9-1-3-14(17)12(5-9)13-6-10(2-4-15(13)18)19-7-11(21)8-20/h1-6,11,19-21H,7-8,16-18H2. The molecule has 6 nitrogen and oxygen atoms in total. The first-order chi connectivity index (χ1) is 10.0. The van der Waals surface area contributed by atoms with Crippen molar-refractivity contribution >= 4 is 22.7 Å². The molecule has 1 atom stereocenters. The van der Waals surface area contributed by atoms with Crippen LogP contribution in [0.1, 0.15) is 0 Å². The smallest absolute Gasteiger partial charge is 0.0942 e. The number of rotatable bonds is 5. The van der Waals surface area contributed by atoms with E-state index in [2.05, 4.69) is 5.32 Å². The van der Waals surface area contributed by atoms with Gasteiger partial charge in [-0.3, -0.25) is 0 Å². The molecule has 0 aliphatic heterocycles. The van der Waals surface area contributed by atoms with Crippen LogP contribution in [0.25, 0.3) is 11.1 Å². The second kappa shape index (κ2) is 6.34. The van der Waals surface area contributed by atoms with E-state index in [1.807, 2.05) is 6.07 Å². The van der Waals surface area contributed by atoms with Gasteiger partial charge in [-0.15, -0.1) is 0 Å². The Bertz CT molecular complexity index is 631. The zero-order valence-electron chi connectivity index (χ0n) is 11.6. The van der Waals surface area contributed by atoms with E-state index in [0.29, 0.717) is 17.1 Å². The molecule has 0 fully saturated rings. The molecule has 0 saturated carbocycles. The molecular formula is C15H20N4O2. The van der Waals surface area contributed by atoms with E-state index < -0.39 is 6.10 Å². The third kappa shape index (κ3) is 3.56. The fourth-order valence-corrected chi connectivity index (χ4v) is 2.01. The molecule has 1 unspecified atom stereocenters. The predicted octanol–water partition coefficient (Wildman–Crippen LogP) is 0.865. The van der Waals surface area contributed by atoms with Crippen LogP contribution in [-0.2, 0) is 0 Å².